The Morgan fingerprint density at radius 2 is 1.00 bits per heavy atom. The second-order valence-corrected chi connectivity index (χ2v) is 7.84. The second-order valence-electron chi connectivity index (χ2n) is 4.11. The lowest BCUT2D eigenvalue weighted by atomic mass is 10.3. The molecule has 0 nitrogen and oxygen atoms in total. The molecule has 0 atom stereocenters. The van der Waals surface area contributed by atoms with E-state index in [1.54, 1.807) is 0 Å². The summed E-state index contributed by atoms with van der Waals surface area (Å²) in [5.41, 5.74) is 0. The molecule has 0 fully saturated rings. The number of thioether (sulfide) groups is 1. The highest BCUT2D eigenvalue weighted by molar-refractivity contribution is 8.00. The third-order valence-corrected chi connectivity index (χ3v) is 5.30. The third-order valence-electron chi connectivity index (χ3n) is 1.58. The van der Waals surface area contributed by atoms with Gasteiger partial charge in [-0.1, -0.05) is 78.8 Å². The number of halogens is 5. The Bertz CT molecular complexity index is 393. The van der Waals surface area contributed by atoms with Crippen LogP contribution in [0.1, 0.15) is 20.8 Å². The van der Waals surface area contributed by atoms with E-state index in [2.05, 4.69) is 0 Å². The first-order valence-electron chi connectivity index (χ1n) is 4.35. The molecule has 0 bridgehead atoms. The Kier molecular flexibility index (Phi) is 5.03. The molecule has 0 heterocycles. The Morgan fingerprint density at radius 1 is 0.688 bits per heavy atom. The first kappa shape index (κ1) is 15.1. The molecular weight excluding hydrogens is 329 g/mol. The molecule has 90 valence electrons. The molecule has 0 aliphatic carbocycles. The van der Waals surface area contributed by atoms with E-state index in [-0.39, 0.29) is 19.8 Å². The summed E-state index contributed by atoms with van der Waals surface area (Å²) in [5.74, 6) is 0. The molecule has 0 unspecified atom stereocenters. The molecule has 0 aromatic heterocycles. The van der Waals surface area contributed by atoms with Crippen LogP contribution in [0.4, 0.5) is 0 Å². The van der Waals surface area contributed by atoms with E-state index in [1.807, 2.05) is 20.8 Å². The summed E-state index contributed by atoms with van der Waals surface area (Å²) >= 11 is 31.5. The average Bonchev–Trinajstić information content (AvgIpc) is 2.17. The minimum absolute atomic E-state index is 0.0478. The van der Waals surface area contributed by atoms with Crippen molar-refractivity contribution in [1.29, 1.82) is 0 Å². The molecule has 0 saturated heterocycles. The van der Waals surface area contributed by atoms with E-state index in [4.69, 9.17) is 58.0 Å². The highest BCUT2D eigenvalue weighted by Gasteiger charge is 2.23. The Labute approximate surface area is 125 Å². The molecule has 0 spiro atoms. The van der Waals surface area contributed by atoms with E-state index in [1.165, 1.54) is 11.8 Å². The lowest BCUT2D eigenvalue weighted by Gasteiger charge is -2.20. The van der Waals surface area contributed by atoms with Crippen molar-refractivity contribution >= 4 is 69.8 Å². The Morgan fingerprint density at radius 3 is 1.31 bits per heavy atom. The maximum absolute atomic E-state index is 6.10. The average molecular weight is 339 g/mol. The zero-order valence-electron chi connectivity index (χ0n) is 8.80. The Hall–Kier alpha value is 1.02. The maximum atomic E-state index is 6.10. The van der Waals surface area contributed by atoms with Gasteiger partial charge >= 0.3 is 0 Å². The van der Waals surface area contributed by atoms with Crippen molar-refractivity contribution in [3.05, 3.63) is 25.1 Å². The summed E-state index contributed by atoms with van der Waals surface area (Å²) in [6, 6.07) is 0. The van der Waals surface area contributed by atoms with Crippen LogP contribution in [-0.2, 0) is 0 Å². The Balaban J connectivity index is 3.40. The summed E-state index contributed by atoms with van der Waals surface area (Å²) in [5, 5.41) is 1.37. The van der Waals surface area contributed by atoms with E-state index < -0.39 is 0 Å². The number of hydrogen-bond donors (Lipinski definition) is 0. The quantitative estimate of drug-likeness (QED) is 0.307. The highest BCUT2D eigenvalue weighted by Crippen LogP contribution is 2.50. The molecule has 16 heavy (non-hydrogen) atoms. The van der Waals surface area contributed by atoms with Crippen LogP contribution in [0.3, 0.4) is 0 Å². The third kappa shape index (κ3) is 3.28. The fraction of sp³-hybridized carbons (Fsp3) is 0.400. The van der Waals surface area contributed by atoms with Crippen LogP contribution in [0.25, 0.3) is 0 Å². The summed E-state index contributed by atoms with van der Waals surface area (Å²) in [4.78, 5) is 0.662. The minimum atomic E-state index is -0.0478. The lowest BCUT2D eigenvalue weighted by Crippen LogP contribution is -2.07. The van der Waals surface area contributed by atoms with Gasteiger partial charge in [-0.15, -0.1) is 11.8 Å². The predicted octanol–water partition coefficient (Wildman–Crippen LogP) is 6.84. The van der Waals surface area contributed by atoms with Gasteiger partial charge < -0.3 is 0 Å². The van der Waals surface area contributed by atoms with Gasteiger partial charge in [-0.05, 0) is 0 Å². The number of rotatable bonds is 1. The SMILES string of the molecule is CC(C)(C)Sc1c(Cl)c(Cl)c(Cl)c(Cl)c1Cl. The summed E-state index contributed by atoms with van der Waals surface area (Å²) in [7, 11) is 0. The summed E-state index contributed by atoms with van der Waals surface area (Å²) < 4.78 is -0.0478. The normalized spacial score (nSPS) is 12.0. The van der Waals surface area contributed by atoms with Gasteiger partial charge in [0.1, 0.15) is 0 Å². The largest absolute Gasteiger partial charge is 0.117 e. The van der Waals surface area contributed by atoms with Crippen LogP contribution in [0.15, 0.2) is 4.90 Å². The maximum Gasteiger partial charge on any atom is 0.0809 e. The molecule has 0 amide bonds. The van der Waals surface area contributed by atoms with Gasteiger partial charge in [0.15, 0.2) is 0 Å². The zero-order chi connectivity index (χ0) is 12.7. The summed E-state index contributed by atoms with van der Waals surface area (Å²) in [6.45, 7) is 6.13. The van der Waals surface area contributed by atoms with Gasteiger partial charge in [-0.2, -0.15) is 0 Å². The van der Waals surface area contributed by atoms with Gasteiger partial charge in [0.2, 0.25) is 0 Å². The first-order valence-corrected chi connectivity index (χ1v) is 7.06. The predicted molar refractivity (Wildman–Crippen MR) is 77.1 cm³/mol. The molecule has 0 saturated carbocycles. The number of hydrogen-bond acceptors (Lipinski definition) is 1. The van der Waals surface area contributed by atoms with Crippen LogP contribution >= 0.6 is 69.8 Å². The van der Waals surface area contributed by atoms with Crippen LogP contribution in [-0.4, -0.2) is 4.75 Å². The summed E-state index contributed by atoms with van der Waals surface area (Å²) in [6.07, 6.45) is 0. The van der Waals surface area contributed by atoms with Crippen molar-refractivity contribution in [2.75, 3.05) is 0 Å². The van der Waals surface area contributed by atoms with Gasteiger partial charge in [-0.3, -0.25) is 0 Å². The standard InChI is InChI=1S/C10H9Cl5S/c1-10(2,3)16-9-7(14)5(12)4(11)6(13)8(9)15/h1-3H3. The van der Waals surface area contributed by atoms with E-state index >= 15 is 0 Å². The highest BCUT2D eigenvalue weighted by atomic mass is 35.5. The monoisotopic (exact) mass is 336 g/mol. The second kappa shape index (κ2) is 5.34. The van der Waals surface area contributed by atoms with Gasteiger partial charge in [0, 0.05) is 9.64 Å². The first-order chi connectivity index (χ1) is 7.15. The van der Waals surface area contributed by atoms with Crippen LogP contribution in [0.5, 0.6) is 0 Å². The van der Waals surface area contributed by atoms with Gasteiger partial charge in [0.05, 0.1) is 25.1 Å². The van der Waals surface area contributed by atoms with Crippen molar-refractivity contribution in [3.8, 4) is 0 Å². The molecular formula is C10H9Cl5S. The van der Waals surface area contributed by atoms with Crippen molar-refractivity contribution in [2.24, 2.45) is 0 Å². The van der Waals surface area contributed by atoms with Crippen molar-refractivity contribution < 1.29 is 0 Å². The molecule has 0 aliphatic rings. The lowest BCUT2D eigenvalue weighted by molar-refractivity contribution is 0.803. The fourth-order valence-corrected chi connectivity index (χ4v) is 3.46. The topological polar surface area (TPSA) is 0 Å². The fourth-order valence-electron chi connectivity index (χ4n) is 0.981. The molecule has 0 radical (unpaired) electrons. The van der Waals surface area contributed by atoms with Crippen molar-refractivity contribution in [3.63, 3.8) is 0 Å². The molecule has 1 aromatic carbocycles. The molecule has 1 rings (SSSR count). The van der Waals surface area contributed by atoms with Crippen LogP contribution < -0.4 is 0 Å². The minimum Gasteiger partial charge on any atom is -0.117 e. The molecule has 1 aromatic rings. The molecule has 6 heteroatoms. The van der Waals surface area contributed by atoms with E-state index in [9.17, 15) is 0 Å². The van der Waals surface area contributed by atoms with Crippen molar-refractivity contribution in [2.45, 2.75) is 30.4 Å². The van der Waals surface area contributed by atoms with Gasteiger partial charge in [-0.25, -0.2) is 0 Å². The zero-order valence-corrected chi connectivity index (χ0v) is 13.4. The smallest absolute Gasteiger partial charge is 0.0809 e. The van der Waals surface area contributed by atoms with Crippen molar-refractivity contribution in [1.82, 2.24) is 0 Å². The van der Waals surface area contributed by atoms with Crippen LogP contribution in [0.2, 0.25) is 25.1 Å². The van der Waals surface area contributed by atoms with Gasteiger partial charge in [0.25, 0.3) is 0 Å². The molecule has 0 aliphatic heterocycles. The van der Waals surface area contributed by atoms with E-state index in [0.717, 1.165) is 0 Å². The molecule has 0 N–H and O–H groups in total. The number of benzene rings is 1. The van der Waals surface area contributed by atoms with E-state index in [0.29, 0.717) is 14.9 Å². The van der Waals surface area contributed by atoms with Crippen LogP contribution in [0, 0.1) is 0 Å².